The number of methoxy groups -OCH3 is 1. The van der Waals surface area contributed by atoms with Gasteiger partial charge < -0.3 is 9.47 Å². The van der Waals surface area contributed by atoms with Crippen LogP contribution in [0.25, 0.3) is 5.57 Å². The van der Waals surface area contributed by atoms with Crippen LogP contribution in [0.4, 0.5) is 13.2 Å². The third-order valence-corrected chi connectivity index (χ3v) is 7.63. The zero-order chi connectivity index (χ0) is 29.1. The van der Waals surface area contributed by atoms with Crippen LogP contribution in [0.3, 0.4) is 0 Å². The summed E-state index contributed by atoms with van der Waals surface area (Å²) in [6.45, 7) is 4.59. The molecular formula is C35H31F3O3. The minimum Gasteiger partial charge on any atom is -0.493 e. The molecule has 0 bridgehead atoms. The van der Waals surface area contributed by atoms with Gasteiger partial charge in [0.05, 0.1) is 12.7 Å². The van der Waals surface area contributed by atoms with Crippen LogP contribution in [0.15, 0.2) is 91.0 Å². The molecule has 0 aliphatic heterocycles. The van der Waals surface area contributed by atoms with Crippen LogP contribution in [0.5, 0.6) is 11.5 Å². The lowest BCUT2D eigenvalue weighted by molar-refractivity contribution is 0.0925. The molecule has 5 rings (SSSR count). The third kappa shape index (κ3) is 5.92. The first-order chi connectivity index (χ1) is 19.8. The van der Waals surface area contributed by atoms with Crippen molar-refractivity contribution in [2.45, 2.75) is 38.7 Å². The largest absolute Gasteiger partial charge is 0.493 e. The van der Waals surface area contributed by atoms with Crippen molar-refractivity contribution in [3.63, 3.8) is 0 Å². The van der Waals surface area contributed by atoms with E-state index in [9.17, 15) is 18.0 Å². The van der Waals surface area contributed by atoms with Crippen molar-refractivity contribution < 1.29 is 27.4 Å². The number of rotatable bonds is 9. The Hall–Kier alpha value is -4.32. The van der Waals surface area contributed by atoms with Crippen LogP contribution < -0.4 is 9.47 Å². The van der Waals surface area contributed by atoms with Crippen molar-refractivity contribution >= 4 is 11.4 Å². The van der Waals surface area contributed by atoms with Crippen molar-refractivity contribution in [1.82, 2.24) is 0 Å². The van der Waals surface area contributed by atoms with Gasteiger partial charge in [-0.1, -0.05) is 74.5 Å². The van der Waals surface area contributed by atoms with E-state index in [1.807, 2.05) is 24.3 Å². The number of carbonyl (C=O) groups is 1. The summed E-state index contributed by atoms with van der Waals surface area (Å²) in [5.41, 5.74) is 3.85. The van der Waals surface area contributed by atoms with Crippen molar-refractivity contribution in [2.24, 2.45) is 5.92 Å². The van der Waals surface area contributed by atoms with Gasteiger partial charge in [0, 0.05) is 17.4 Å². The fourth-order valence-corrected chi connectivity index (χ4v) is 5.42. The summed E-state index contributed by atoms with van der Waals surface area (Å²) >= 11 is 0. The van der Waals surface area contributed by atoms with Gasteiger partial charge in [-0.3, -0.25) is 4.79 Å². The summed E-state index contributed by atoms with van der Waals surface area (Å²) in [5, 5.41) is 0. The second-order valence-electron chi connectivity index (χ2n) is 10.6. The number of hydrogen-bond donors (Lipinski definition) is 0. The zero-order valence-electron chi connectivity index (χ0n) is 23.2. The molecule has 6 heteroatoms. The minimum atomic E-state index is -0.912. The van der Waals surface area contributed by atoms with E-state index in [4.69, 9.17) is 9.47 Å². The lowest BCUT2D eigenvalue weighted by Crippen LogP contribution is -2.21. The SMILES string of the molecule is COc1c(OCc2ccc(C(C)C)cc2)cccc1C1CC(c2ccc(F)cc2)=CC1C(=O)c1c(F)cccc1F. The monoisotopic (exact) mass is 556 g/mol. The average molecular weight is 557 g/mol. The van der Waals surface area contributed by atoms with E-state index in [-0.39, 0.29) is 5.82 Å². The van der Waals surface area contributed by atoms with Crippen molar-refractivity contribution in [3.05, 3.63) is 136 Å². The number of hydrogen-bond acceptors (Lipinski definition) is 3. The van der Waals surface area contributed by atoms with Crippen molar-refractivity contribution in [2.75, 3.05) is 7.11 Å². The fourth-order valence-electron chi connectivity index (χ4n) is 5.42. The molecule has 2 unspecified atom stereocenters. The Kier molecular flexibility index (Phi) is 8.29. The normalized spacial score (nSPS) is 16.5. The summed E-state index contributed by atoms with van der Waals surface area (Å²) < 4.78 is 55.1. The van der Waals surface area contributed by atoms with Crippen LogP contribution in [0, 0.1) is 23.4 Å². The molecule has 0 fully saturated rings. The topological polar surface area (TPSA) is 35.5 Å². The van der Waals surface area contributed by atoms with Gasteiger partial charge in [-0.2, -0.15) is 0 Å². The van der Waals surface area contributed by atoms with Crippen LogP contribution in [-0.4, -0.2) is 12.9 Å². The molecule has 0 amide bonds. The Morgan fingerprint density at radius 3 is 2.17 bits per heavy atom. The fraction of sp³-hybridized carbons (Fsp3) is 0.229. The van der Waals surface area contributed by atoms with Gasteiger partial charge in [0.15, 0.2) is 17.3 Å². The summed E-state index contributed by atoms with van der Waals surface area (Å²) in [4.78, 5) is 13.7. The van der Waals surface area contributed by atoms with E-state index < -0.39 is 34.8 Å². The molecule has 3 nitrogen and oxygen atoms in total. The maximum Gasteiger partial charge on any atom is 0.176 e. The van der Waals surface area contributed by atoms with Gasteiger partial charge in [0.1, 0.15) is 24.1 Å². The van der Waals surface area contributed by atoms with E-state index in [2.05, 4.69) is 26.0 Å². The highest BCUT2D eigenvalue weighted by atomic mass is 19.1. The molecule has 4 aromatic rings. The molecule has 1 aliphatic rings. The molecule has 0 N–H and O–H groups in total. The van der Waals surface area contributed by atoms with Crippen LogP contribution >= 0.6 is 0 Å². The Morgan fingerprint density at radius 2 is 1.54 bits per heavy atom. The minimum absolute atomic E-state index is 0.310. The molecule has 0 saturated carbocycles. The molecule has 0 heterocycles. The lowest BCUT2D eigenvalue weighted by Gasteiger charge is -2.23. The molecule has 210 valence electrons. The molecule has 1 aliphatic carbocycles. The Labute approximate surface area is 238 Å². The smallest absolute Gasteiger partial charge is 0.176 e. The molecule has 4 aromatic carbocycles. The average Bonchev–Trinajstić information content (AvgIpc) is 3.41. The Morgan fingerprint density at radius 1 is 0.878 bits per heavy atom. The van der Waals surface area contributed by atoms with Gasteiger partial charge >= 0.3 is 0 Å². The number of allylic oxidation sites excluding steroid dienone is 2. The van der Waals surface area contributed by atoms with Crippen LogP contribution in [0.2, 0.25) is 0 Å². The number of benzene rings is 4. The molecule has 0 aromatic heterocycles. The third-order valence-electron chi connectivity index (χ3n) is 7.63. The maximum atomic E-state index is 14.7. The molecule has 0 radical (unpaired) electrons. The van der Waals surface area contributed by atoms with Crippen LogP contribution in [0.1, 0.15) is 64.7 Å². The van der Waals surface area contributed by atoms with Gasteiger partial charge in [-0.15, -0.1) is 0 Å². The summed E-state index contributed by atoms with van der Waals surface area (Å²) in [6, 6.07) is 23.0. The quantitative estimate of drug-likeness (QED) is 0.193. The maximum absolute atomic E-state index is 14.7. The summed E-state index contributed by atoms with van der Waals surface area (Å²) in [5.74, 6) is -2.87. The summed E-state index contributed by atoms with van der Waals surface area (Å²) in [6.07, 6.45) is 2.12. The van der Waals surface area contributed by atoms with E-state index in [0.29, 0.717) is 36.0 Å². The highest BCUT2D eigenvalue weighted by Gasteiger charge is 2.38. The predicted molar refractivity (Wildman–Crippen MR) is 154 cm³/mol. The first-order valence-electron chi connectivity index (χ1n) is 13.6. The number of para-hydroxylation sites is 1. The van der Waals surface area contributed by atoms with Gasteiger partial charge in [-0.05, 0) is 64.9 Å². The van der Waals surface area contributed by atoms with Crippen molar-refractivity contribution in [1.29, 1.82) is 0 Å². The number of Topliss-reactive ketones (excluding diaryl/α,β-unsaturated/α-hetero) is 1. The standard InChI is InChI=1S/C35H31F3O3/c1-21(2)23-12-10-22(11-13-23)20-41-32-9-4-6-27(35(32)40-3)28-18-25(24-14-16-26(36)17-15-24)19-29(28)34(39)33-30(37)7-5-8-31(33)38/h4-17,19,21,28-29H,18,20H2,1-3H3. The highest BCUT2D eigenvalue weighted by Crippen LogP contribution is 2.49. The van der Waals surface area contributed by atoms with E-state index in [1.165, 1.54) is 30.9 Å². The van der Waals surface area contributed by atoms with Crippen molar-refractivity contribution in [3.8, 4) is 11.5 Å². The molecular weight excluding hydrogens is 525 g/mol. The zero-order valence-corrected chi connectivity index (χ0v) is 23.2. The first-order valence-corrected chi connectivity index (χ1v) is 13.6. The number of carbonyl (C=O) groups excluding carboxylic acids is 1. The second-order valence-corrected chi connectivity index (χ2v) is 10.6. The molecule has 0 spiro atoms. The Balaban J connectivity index is 1.50. The number of ether oxygens (including phenoxy) is 2. The van der Waals surface area contributed by atoms with E-state index in [1.54, 1.807) is 24.3 Å². The molecule has 41 heavy (non-hydrogen) atoms. The lowest BCUT2D eigenvalue weighted by atomic mass is 9.82. The van der Waals surface area contributed by atoms with Gasteiger partial charge in [0.2, 0.25) is 0 Å². The van der Waals surface area contributed by atoms with E-state index in [0.717, 1.165) is 28.8 Å². The number of halogens is 3. The Bertz CT molecular complexity index is 1550. The van der Waals surface area contributed by atoms with E-state index >= 15 is 0 Å². The summed E-state index contributed by atoms with van der Waals surface area (Å²) in [7, 11) is 1.53. The first kappa shape index (κ1) is 28.2. The van der Waals surface area contributed by atoms with Gasteiger partial charge in [-0.25, -0.2) is 13.2 Å². The predicted octanol–water partition coefficient (Wildman–Crippen LogP) is 8.88. The van der Waals surface area contributed by atoms with Crippen LogP contribution in [-0.2, 0) is 6.61 Å². The second kappa shape index (κ2) is 12.0. The highest BCUT2D eigenvalue weighted by molar-refractivity contribution is 6.02. The number of ketones is 1. The molecule has 0 saturated heterocycles. The van der Waals surface area contributed by atoms with Gasteiger partial charge in [0.25, 0.3) is 0 Å². The molecule has 2 atom stereocenters.